The van der Waals surface area contributed by atoms with Crippen molar-refractivity contribution >= 4 is 51.5 Å². The van der Waals surface area contributed by atoms with Crippen LogP contribution in [0.25, 0.3) is 11.3 Å². The van der Waals surface area contributed by atoms with Gasteiger partial charge in [-0.2, -0.15) is 0 Å². The summed E-state index contributed by atoms with van der Waals surface area (Å²) in [6.45, 7) is 1.48. The summed E-state index contributed by atoms with van der Waals surface area (Å²) >= 11 is 6.94. The molecule has 0 unspecified atom stereocenters. The summed E-state index contributed by atoms with van der Waals surface area (Å²) in [5.74, 6) is -1.48. The van der Waals surface area contributed by atoms with E-state index in [0.717, 1.165) is 11.3 Å². The average Bonchev–Trinajstić information content (AvgIpc) is 3.16. The van der Waals surface area contributed by atoms with Crippen molar-refractivity contribution in [1.82, 2.24) is 10.3 Å². The minimum absolute atomic E-state index is 0.0496. The van der Waals surface area contributed by atoms with Gasteiger partial charge in [-0.05, 0) is 42.5 Å². The topological polar surface area (TPSA) is 100 Å². The van der Waals surface area contributed by atoms with Crippen LogP contribution in [-0.2, 0) is 9.59 Å². The van der Waals surface area contributed by atoms with Crippen LogP contribution in [0.1, 0.15) is 23.7 Å². The molecule has 0 aliphatic rings. The van der Waals surface area contributed by atoms with Crippen molar-refractivity contribution in [3.05, 3.63) is 64.2 Å². The largest absolute Gasteiger partial charge is 0.352 e. The maximum atomic E-state index is 14.3. The van der Waals surface area contributed by atoms with Gasteiger partial charge in [-0.25, -0.2) is 9.37 Å². The minimum atomic E-state index is -0.542. The van der Waals surface area contributed by atoms with Crippen molar-refractivity contribution in [2.75, 3.05) is 17.2 Å². The van der Waals surface area contributed by atoms with E-state index < -0.39 is 5.82 Å². The van der Waals surface area contributed by atoms with Crippen molar-refractivity contribution in [2.45, 2.75) is 13.3 Å². The van der Waals surface area contributed by atoms with Gasteiger partial charge in [-0.1, -0.05) is 11.6 Å². The predicted octanol–water partition coefficient (Wildman–Crippen LogP) is 4.32. The lowest BCUT2D eigenvalue weighted by atomic mass is 10.1. The number of carbonyl (C=O) groups excluding carboxylic acids is 3. The van der Waals surface area contributed by atoms with Gasteiger partial charge in [-0.15, -0.1) is 11.3 Å². The van der Waals surface area contributed by atoms with Crippen LogP contribution in [0.3, 0.4) is 0 Å². The molecular weight excluding hydrogens is 443 g/mol. The van der Waals surface area contributed by atoms with Crippen molar-refractivity contribution in [3.63, 3.8) is 0 Å². The molecule has 2 aromatic carbocycles. The Balaban J connectivity index is 1.52. The first-order chi connectivity index (χ1) is 14.8. The van der Waals surface area contributed by atoms with E-state index in [1.165, 1.54) is 19.1 Å². The maximum Gasteiger partial charge on any atom is 0.251 e. The highest BCUT2D eigenvalue weighted by atomic mass is 35.5. The summed E-state index contributed by atoms with van der Waals surface area (Å²) in [6, 6.07) is 10.7. The highest BCUT2D eigenvalue weighted by Crippen LogP contribution is 2.28. The molecule has 0 bridgehead atoms. The zero-order valence-electron chi connectivity index (χ0n) is 16.4. The number of rotatable bonds is 7. The standard InChI is InChI=1S/C21H18ClFN4O3S/c1-12(28)25-15-6-7-16(17(23)10-15)18-11-31-21(26-18)27-19(29)8-9-24-20(30)13-2-4-14(22)5-3-13/h2-7,10-11H,8-9H2,1H3,(H,24,30)(H,25,28)(H,26,27,29). The van der Waals surface area contributed by atoms with E-state index in [4.69, 9.17) is 11.6 Å². The first kappa shape index (κ1) is 22.4. The van der Waals surface area contributed by atoms with Gasteiger partial charge in [0, 0.05) is 47.1 Å². The van der Waals surface area contributed by atoms with Crippen molar-refractivity contribution in [2.24, 2.45) is 0 Å². The molecule has 31 heavy (non-hydrogen) atoms. The Bertz CT molecular complexity index is 1120. The second kappa shape index (κ2) is 10.1. The van der Waals surface area contributed by atoms with Crippen LogP contribution >= 0.6 is 22.9 Å². The second-order valence-electron chi connectivity index (χ2n) is 6.47. The van der Waals surface area contributed by atoms with Crippen LogP contribution in [-0.4, -0.2) is 29.3 Å². The fraction of sp³-hybridized carbons (Fsp3) is 0.143. The summed E-state index contributed by atoms with van der Waals surface area (Å²) < 4.78 is 14.3. The molecule has 0 aliphatic heterocycles. The molecule has 3 aromatic rings. The van der Waals surface area contributed by atoms with E-state index in [2.05, 4.69) is 20.9 Å². The molecule has 1 aromatic heterocycles. The third kappa shape index (κ3) is 6.34. The van der Waals surface area contributed by atoms with Crippen molar-refractivity contribution in [3.8, 4) is 11.3 Å². The minimum Gasteiger partial charge on any atom is -0.352 e. The fourth-order valence-electron chi connectivity index (χ4n) is 2.63. The van der Waals surface area contributed by atoms with Crippen molar-refractivity contribution in [1.29, 1.82) is 0 Å². The molecule has 0 radical (unpaired) electrons. The number of hydrogen-bond acceptors (Lipinski definition) is 5. The fourth-order valence-corrected chi connectivity index (χ4v) is 3.49. The highest BCUT2D eigenvalue weighted by molar-refractivity contribution is 7.14. The van der Waals surface area contributed by atoms with E-state index in [0.29, 0.717) is 27.1 Å². The van der Waals surface area contributed by atoms with Gasteiger partial charge >= 0.3 is 0 Å². The molecule has 3 amide bonds. The number of aromatic nitrogens is 1. The molecule has 160 valence electrons. The third-order valence-corrected chi connectivity index (χ3v) is 5.07. The SMILES string of the molecule is CC(=O)Nc1ccc(-c2csc(NC(=O)CCNC(=O)c3ccc(Cl)cc3)n2)c(F)c1. The van der Waals surface area contributed by atoms with Crippen LogP contribution < -0.4 is 16.0 Å². The van der Waals surface area contributed by atoms with Crippen molar-refractivity contribution < 1.29 is 18.8 Å². The summed E-state index contributed by atoms with van der Waals surface area (Å²) in [5.41, 5.74) is 1.41. The summed E-state index contributed by atoms with van der Waals surface area (Å²) in [6.07, 6.45) is 0.0496. The number of anilines is 2. The first-order valence-electron chi connectivity index (χ1n) is 9.18. The summed E-state index contributed by atoms with van der Waals surface area (Å²) in [7, 11) is 0. The lowest BCUT2D eigenvalue weighted by Crippen LogP contribution is -2.27. The Kier molecular flexibility index (Phi) is 7.32. The molecule has 1 heterocycles. The van der Waals surface area contributed by atoms with Crippen LogP contribution in [0.15, 0.2) is 47.8 Å². The lowest BCUT2D eigenvalue weighted by Gasteiger charge is -2.06. The Morgan fingerprint density at radius 2 is 1.84 bits per heavy atom. The quantitative estimate of drug-likeness (QED) is 0.488. The molecule has 0 fully saturated rings. The number of amides is 3. The Morgan fingerprint density at radius 1 is 1.10 bits per heavy atom. The molecule has 0 aliphatic carbocycles. The van der Waals surface area contributed by atoms with Crippen LogP contribution in [0.5, 0.6) is 0 Å². The summed E-state index contributed by atoms with van der Waals surface area (Å²) in [4.78, 5) is 39.4. The maximum absolute atomic E-state index is 14.3. The van der Waals surface area contributed by atoms with E-state index in [1.807, 2.05) is 0 Å². The van der Waals surface area contributed by atoms with Gasteiger partial charge in [-0.3, -0.25) is 14.4 Å². The molecule has 0 saturated heterocycles. The monoisotopic (exact) mass is 460 g/mol. The number of nitrogens with zero attached hydrogens (tertiary/aromatic N) is 1. The predicted molar refractivity (Wildman–Crippen MR) is 119 cm³/mol. The average molecular weight is 461 g/mol. The molecular formula is C21H18ClFN4O3S. The number of benzene rings is 2. The highest BCUT2D eigenvalue weighted by Gasteiger charge is 2.13. The zero-order valence-corrected chi connectivity index (χ0v) is 17.9. The van der Waals surface area contributed by atoms with E-state index in [1.54, 1.807) is 35.7 Å². The van der Waals surface area contributed by atoms with E-state index >= 15 is 0 Å². The number of carbonyl (C=O) groups is 3. The molecule has 0 spiro atoms. The molecule has 7 nitrogen and oxygen atoms in total. The molecule has 0 saturated carbocycles. The normalized spacial score (nSPS) is 10.4. The van der Waals surface area contributed by atoms with Gasteiger partial charge in [0.05, 0.1) is 5.69 Å². The molecule has 3 N–H and O–H groups in total. The smallest absolute Gasteiger partial charge is 0.251 e. The Labute approximate surface area is 186 Å². The molecule has 10 heteroatoms. The summed E-state index contributed by atoms with van der Waals surface area (Å²) in [5, 5.41) is 10.3. The number of hydrogen-bond donors (Lipinski definition) is 3. The first-order valence-corrected chi connectivity index (χ1v) is 10.4. The van der Waals surface area contributed by atoms with Crippen LogP contribution in [0, 0.1) is 5.82 Å². The second-order valence-corrected chi connectivity index (χ2v) is 7.77. The Hall–Kier alpha value is -3.30. The number of halogens is 2. The number of nitrogens with one attached hydrogen (secondary N) is 3. The van der Waals surface area contributed by atoms with E-state index in [-0.39, 0.29) is 36.3 Å². The van der Waals surface area contributed by atoms with Gasteiger partial charge in [0.15, 0.2) is 5.13 Å². The third-order valence-electron chi connectivity index (χ3n) is 4.06. The van der Waals surface area contributed by atoms with Crippen LogP contribution in [0.4, 0.5) is 15.2 Å². The molecule has 3 rings (SSSR count). The zero-order chi connectivity index (χ0) is 22.4. The molecule has 0 atom stereocenters. The van der Waals surface area contributed by atoms with Crippen LogP contribution in [0.2, 0.25) is 5.02 Å². The van der Waals surface area contributed by atoms with Gasteiger partial charge in [0.25, 0.3) is 5.91 Å². The lowest BCUT2D eigenvalue weighted by molar-refractivity contribution is -0.116. The van der Waals surface area contributed by atoms with Gasteiger partial charge in [0.1, 0.15) is 5.82 Å². The van der Waals surface area contributed by atoms with Gasteiger partial charge < -0.3 is 16.0 Å². The number of thiazole rings is 1. The van der Waals surface area contributed by atoms with Gasteiger partial charge in [0.2, 0.25) is 11.8 Å². The van der Waals surface area contributed by atoms with E-state index in [9.17, 15) is 18.8 Å². The Morgan fingerprint density at radius 3 is 2.52 bits per heavy atom.